The molecule has 1 aliphatic heterocycles. The Morgan fingerprint density at radius 1 is 1.23 bits per heavy atom. The molecule has 2 amide bonds. The molecule has 2 N–H and O–H groups in total. The Labute approximate surface area is 155 Å². The molecule has 1 saturated heterocycles. The number of primary amides is 1. The van der Waals surface area contributed by atoms with Crippen molar-refractivity contribution in [2.45, 2.75) is 57.5 Å². The van der Waals surface area contributed by atoms with E-state index in [1.54, 1.807) is 4.68 Å². The molecule has 1 atom stereocenters. The Kier molecular flexibility index (Phi) is 6.29. The number of rotatable bonds is 6. The fourth-order valence-electron chi connectivity index (χ4n) is 4.39. The number of hydrogen-bond donors (Lipinski definition) is 1. The smallest absolute Gasteiger partial charge is 0.231 e. The van der Waals surface area contributed by atoms with E-state index in [-0.39, 0.29) is 24.3 Å². The van der Waals surface area contributed by atoms with E-state index in [9.17, 15) is 9.59 Å². The van der Waals surface area contributed by atoms with Gasteiger partial charge in [-0.25, -0.2) is 0 Å². The average Bonchev–Trinajstić information content (AvgIpc) is 3.04. The van der Waals surface area contributed by atoms with E-state index < -0.39 is 0 Å². The maximum Gasteiger partial charge on any atom is 0.231 e. The van der Waals surface area contributed by atoms with Crippen molar-refractivity contribution in [1.29, 1.82) is 0 Å². The van der Waals surface area contributed by atoms with Crippen LogP contribution < -0.4 is 5.73 Å². The average molecular weight is 361 g/mol. The van der Waals surface area contributed by atoms with E-state index in [1.807, 2.05) is 24.3 Å². The molecular weight excluding hydrogens is 330 g/mol. The summed E-state index contributed by atoms with van der Waals surface area (Å²) in [6.07, 6.45) is 11.5. The molecule has 1 saturated carbocycles. The Balaban J connectivity index is 1.71. The molecule has 2 heterocycles. The van der Waals surface area contributed by atoms with Crippen molar-refractivity contribution in [3.63, 3.8) is 0 Å². The summed E-state index contributed by atoms with van der Waals surface area (Å²) in [7, 11) is 1.90. The van der Waals surface area contributed by atoms with Crippen LogP contribution in [-0.4, -0.2) is 57.1 Å². The highest BCUT2D eigenvalue weighted by Crippen LogP contribution is 2.28. The summed E-state index contributed by atoms with van der Waals surface area (Å²) < 4.78 is 1.79. The predicted molar refractivity (Wildman–Crippen MR) is 99.0 cm³/mol. The molecule has 1 aromatic heterocycles. The number of aryl methyl sites for hydroxylation is 1. The molecule has 0 spiro atoms. The first kappa shape index (κ1) is 18.9. The van der Waals surface area contributed by atoms with Gasteiger partial charge in [0.15, 0.2) is 0 Å². The zero-order valence-corrected chi connectivity index (χ0v) is 15.8. The van der Waals surface area contributed by atoms with Crippen molar-refractivity contribution in [1.82, 2.24) is 19.6 Å². The molecule has 0 radical (unpaired) electrons. The fourth-order valence-corrected chi connectivity index (χ4v) is 4.39. The van der Waals surface area contributed by atoms with Crippen molar-refractivity contribution < 1.29 is 9.59 Å². The van der Waals surface area contributed by atoms with Gasteiger partial charge in [-0.05, 0) is 32.2 Å². The Bertz CT molecular complexity index is 623. The highest BCUT2D eigenvalue weighted by atomic mass is 16.2. The molecule has 1 aromatic rings. The van der Waals surface area contributed by atoms with Gasteiger partial charge in [-0.1, -0.05) is 19.3 Å². The van der Waals surface area contributed by atoms with E-state index in [0.29, 0.717) is 19.1 Å². The van der Waals surface area contributed by atoms with Crippen LogP contribution in [0.1, 0.15) is 50.5 Å². The molecule has 26 heavy (non-hydrogen) atoms. The summed E-state index contributed by atoms with van der Waals surface area (Å²) in [6.45, 7) is 2.36. The van der Waals surface area contributed by atoms with Gasteiger partial charge < -0.3 is 10.6 Å². The Morgan fingerprint density at radius 3 is 2.65 bits per heavy atom. The van der Waals surface area contributed by atoms with Gasteiger partial charge in [0, 0.05) is 37.9 Å². The van der Waals surface area contributed by atoms with Gasteiger partial charge in [-0.15, -0.1) is 0 Å². The first-order valence-corrected chi connectivity index (χ1v) is 9.81. The van der Waals surface area contributed by atoms with Gasteiger partial charge in [0.2, 0.25) is 11.8 Å². The monoisotopic (exact) mass is 361 g/mol. The number of carbonyl (C=O) groups is 2. The third kappa shape index (κ3) is 4.84. The first-order chi connectivity index (χ1) is 12.5. The minimum atomic E-state index is -0.322. The summed E-state index contributed by atoms with van der Waals surface area (Å²) in [4.78, 5) is 28.8. The lowest BCUT2D eigenvalue weighted by atomic mass is 9.91. The molecule has 7 nitrogen and oxygen atoms in total. The molecule has 2 fully saturated rings. The van der Waals surface area contributed by atoms with Crippen molar-refractivity contribution in [2.75, 3.05) is 19.6 Å². The molecule has 1 aliphatic carbocycles. The van der Waals surface area contributed by atoms with Gasteiger partial charge in [0.1, 0.15) is 0 Å². The maximum atomic E-state index is 13.4. The number of likely N-dealkylation sites (tertiary alicyclic amines) is 1. The highest BCUT2D eigenvalue weighted by molar-refractivity contribution is 5.80. The number of amides is 2. The number of carbonyl (C=O) groups excluding carboxylic acids is 2. The van der Waals surface area contributed by atoms with Crippen LogP contribution in [0.2, 0.25) is 0 Å². The van der Waals surface area contributed by atoms with E-state index in [1.165, 1.54) is 19.3 Å². The zero-order valence-electron chi connectivity index (χ0n) is 15.8. The lowest BCUT2D eigenvalue weighted by molar-refractivity contribution is -0.141. The summed E-state index contributed by atoms with van der Waals surface area (Å²) in [5, 5.41) is 4.25. The largest absolute Gasteiger partial charge is 0.369 e. The highest BCUT2D eigenvalue weighted by Gasteiger charge is 2.33. The Morgan fingerprint density at radius 2 is 2.00 bits per heavy atom. The summed E-state index contributed by atoms with van der Waals surface area (Å²) >= 11 is 0. The minimum Gasteiger partial charge on any atom is -0.369 e. The SMILES string of the molecule is Cn1cc(CN(C(=O)C2CCCN(CC(N)=O)C2)C2CCCCC2)cn1. The zero-order chi connectivity index (χ0) is 18.5. The van der Waals surface area contributed by atoms with E-state index in [2.05, 4.69) is 10.00 Å². The second kappa shape index (κ2) is 8.66. The van der Waals surface area contributed by atoms with Crippen LogP contribution in [0.15, 0.2) is 12.4 Å². The van der Waals surface area contributed by atoms with Crippen molar-refractivity contribution in [3.05, 3.63) is 18.0 Å². The van der Waals surface area contributed by atoms with Crippen LogP contribution in [-0.2, 0) is 23.2 Å². The summed E-state index contributed by atoms with van der Waals surface area (Å²) in [5.41, 5.74) is 6.42. The molecule has 2 aliphatic rings. The molecule has 144 valence electrons. The van der Waals surface area contributed by atoms with Crippen LogP contribution in [0.25, 0.3) is 0 Å². The van der Waals surface area contributed by atoms with Crippen molar-refractivity contribution in [3.8, 4) is 0 Å². The lowest BCUT2D eigenvalue weighted by Gasteiger charge is -2.39. The molecular formula is C19H31N5O2. The van der Waals surface area contributed by atoms with Crippen LogP contribution in [0.3, 0.4) is 0 Å². The van der Waals surface area contributed by atoms with Gasteiger partial charge in [-0.3, -0.25) is 19.2 Å². The van der Waals surface area contributed by atoms with E-state index in [0.717, 1.165) is 37.8 Å². The van der Waals surface area contributed by atoms with E-state index >= 15 is 0 Å². The minimum absolute atomic E-state index is 0.0401. The maximum absolute atomic E-state index is 13.4. The number of hydrogen-bond acceptors (Lipinski definition) is 4. The van der Waals surface area contributed by atoms with Crippen LogP contribution >= 0.6 is 0 Å². The normalized spacial score (nSPS) is 22.3. The molecule has 0 bridgehead atoms. The third-order valence-corrected chi connectivity index (χ3v) is 5.64. The molecule has 1 unspecified atom stereocenters. The summed E-state index contributed by atoms with van der Waals surface area (Å²) in [5.74, 6) is -0.130. The number of nitrogens with two attached hydrogens (primary N) is 1. The topological polar surface area (TPSA) is 84.5 Å². The fraction of sp³-hybridized carbons (Fsp3) is 0.737. The molecule has 0 aromatic carbocycles. The number of nitrogens with zero attached hydrogens (tertiary/aromatic N) is 4. The first-order valence-electron chi connectivity index (χ1n) is 9.81. The van der Waals surface area contributed by atoms with Crippen LogP contribution in [0.5, 0.6) is 0 Å². The third-order valence-electron chi connectivity index (χ3n) is 5.64. The van der Waals surface area contributed by atoms with Gasteiger partial charge in [-0.2, -0.15) is 5.10 Å². The molecule has 7 heteroatoms. The Hall–Kier alpha value is -1.89. The number of piperidine rings is 1. The standard InChI is InChI=1S/C19H31N5O2/c1-22-11-15(10-21-22)12-24(17-7-3-2-4-8-17)19(26)16-6-5-9-23(13-16)14-18(20)25/h10-11,16-17H,2-9,12-14H2,1H3,(H2,20,25). The van der Waals surface area contributed by atoms with Crippen molar-refractivity contribution in [2.24, 2.45) is 18.7 Å². The van der Waals surface area contributed by atoms with Gasteiger partial charge >= 0.3 is 0 Å². The predicted octanol–water partition coefficient (Wildman–Crippen LogP) is 1.28. The van der Waals surface area contributed by atoms with Gasteiger partial charge in [0.05, 0.1) is 18.7 Å². The second-order valence-electron chi connectivity index (χ2n) is 7.82. The second-order valence-corrected chi connectivity index (χ2v) is 7.82. The quantitative estimate of drug-likeness (QED) is 0.827. The van der Waals surface area contributed by atoms with Gasteiger partial charge in [0.25, 0.3) is 0 Å². The van der Waals surface area contributed by atoms with E-state index in [4.69, 9.17) is 5.73 Å². The van der Waals surface area contributed by atoms with Crippen LogP contribution in [0.4, 0.5) is 0 Å². The number of aromatic nitrogens is 2. The van der Waals surface area contributed by atoms with Crippen molar-refractivity contribution >= 4 is 11.8 Å². The van der Waals surface area contributed by atoms with Crippen LogP contribution in [0, 0.1) is 5.92 Å². The summed E-state index contributed by atoms with van der Waals surface area (Å²) in [6, 6.07) is 0.322. The molecule has 3 rings (SSSR count). The lowest BCUT2D eigenvalue weighted by Crippen LogP contribution is -2.49.